The van der Waals surface area contributed by atoms with Gasteiger partial charge in [0.1, 0.15) is 10.9 Å². The monoisotopic (exact) mass is 219 g/mol. The van der Waals surface area contributed by atoms with Gasteiger partial charge in [0.2, 0.25) is 0 Å². The predicted octanol–water partition coefficient (Wildman–Crippen LogP) is 3.58. The summed E-state index contributed by atoms with van der Waals surface area (Å²) in [7, 11) is 0. The van der Waals surface area contributed by atoms with E-state index in [2.05, 4.69) is 24.4 Å². The number of hydrogen-bond donors (Lipinski definition) is 0. The standard InChI is InChI=1S/C11H9NS2/c1-8-4-10(14-7-8)5-9-2-3-13-11(9)6-12/h2-4,7H,5H2,1H3. The maximum atomic E-state index is 8.85. The first kappa shape index (κ1) is 9.45. The Morgan fingerprint density at radius 3 is 2.93 bits per heavy atom. The van der Waals surface area contributed by atoms with Gasteiger partial charge in [-0.2, -0.15) is 5.26 Å². The summed E-state index contributed by atoms with van der Waals surface area (Å²) in [6.07, 6.45) is 0.894. The topological polar surface area (TPSA) is 23.8 Å². The van der Waals surface area contributed by atoms with Gasteiger partial charge in [0.05, 0.1) is 0 Å². The van der Waals surface area contributed by atoms with Crippen molar-refractivity contribution in [1.82, 2.24) is 0 Å². The SMILES string of the molecule is Cc1csc(Cc2ccsc2C#N)c1. The van der Waals surface area contributed by atoms with Crippen LogP contribution in [0.25, 0.3) is 0 Å². The molecule has 14 heavy (non-hydrogen) atoms. The first-order valence-electron chi connectivity index (χ1n) is 4.30. The van der Waals surface area contributed by atoms with E-state index in [1.54, 1.807) is 11.3 Å². The van der Waals surface area contributed by atoms with Crippen LogP contribution < -0.4 is 0 Å². The highest BCUT2D eigenvalue weighted by molar-refractivity contribution is 7.11. The fourth-order valence-electron chi connectivity index (χ4n) is 1.34. The van der Waals surface area contributed by atoms with Crippen LogP contribution in [0.15, 0.2) is 22.9 Å². The molecule has 2 heterocycles. The molecule has 0 aliphatic heterocycles. The summed E-state index contributed by atoms with van der Waals surface area (Å²) in [5, 5.41) is 13.0. The fraction of sp³-hybridized carbons (Fsp3) is 0.182. The molecule has 0 fully saturated rings. The van der Waals surface area contributed by atoms with Crippen LogP contribution in [0.5, 0.6) is 0 Å². The first-order chi connectivity index (χ1) is 6.79. The molecule has 0 aliphatic carbocycles. The van der Waals surface area contributed by atoms with Crippen LogP contribution in [0.2, 0.25) is 0 Å². The van der Waals surface area contributed by atoms with Crippen LogP contribution >= 0.6 is 22.7 Å². The number of aryl methyl sites for hydroxylation is 1. The molecule has 0 saturated carbocycles. The van der Waals surface area contributed by atoms with E-state index in [1.165, 1.54) is 21.8 Å². The van der Waals surface area contributed by atoms with E-state index in [0.29, 0.717) is 0 Å². The van der Waals surface area contributed by atoms with Crippen LogP contribution in [0.3, 0.4) is 0 Å². The molecule has 0 atom stereocenters. The van der Waals surface area contributed by atoms with Crippen molar-refractivity contribution >= 4 is 22.7 Å². The van der Waals surface area contributed by atoms with Gasteiger partial charge in [0.25, 0.3) is 0 Å². The van der Waals surface area contributed by atoms with Gasteiger partial charge in [-0.15, -0.1) is 22.7 Å². The molecule has 2 aromatic rings. The third-order valence-corrected chi connectivity index (χ3v) is 3.91. The van der Waals surface area contributed by atoms with E-state index in [0.717, 1.165) is 16.9 Å². The summed E-state index contributed by atoms with van der Waals surface area (Å²) in [5.74, 6) is 0. The largest absolute Gasteiger partial charge is 0.192 e. The van der Waals surface area contributed by atoms with E-state index in [1.807, 2.05) is 11.4 Å². The molecule has 0 amide bonds. The van der Waals surface area contributed by atoms with Crippen LogP contribution in [0.4, 0.5) is 0 Å². The van der Waals surface area contributed by atoms with Crippen molar-refractivity contribution in [3.63, 3.8) is 0 Å². The van der Waals surface area contributed by atoms with Crippen LogP contribution in [-0.4, -0.2) is 0 Å². The van der Waals surface area contributed by atoms with E-state index in [4.69, 9.17) is 5.26 Å². The molecule has 0 spiro atoms. The molecule has 2 aromatic heterocycles. The highest BCUT2D eigenvalue weighted by Crippen LogP contribution is 2.22. The second-order valence-corrected chi connectivity index (χ2v) is 5.07. The average Bonchev–Trinajstić information content (AvgIpc) is 2.76. The fourth-order valence-corrected chi connectivity index (χ4v) is 2.95. The number of hydrogen-bond acceptors (Lipinski definition) is 3. The lowest BCUT2D eigenvalue weighted by molar-refractivity contribution is 1.24. The van der Waals surface area contributed by atoms with Gasteiger partial charge in [0, 0.05) is 11.3 Å². The molecular formula is C11H9NS2. The van der Waals surface area contributed by atoms with Crippen LogP contribution in [0.1, 0.15) is 20.9 Å². The predicted molar refractivity (Wildman–Crippen MR) is 60.9 cm³/mol. The maximum Gasteiger partial charge on any atom is 0.110 e. The molecule has 0 saturated heterocycles. The lowest BCUT2D eigenvalue weighted by Gasteiger charge is -1.93. The van der Waals surface area contributed by atoms with Crippen molar-refractivity contribution in [2.75, 3.05) is 0 Å². The Balaban J connectivity index is 2.23. The normalized spacial score (nSPS) is 10.0. The Morgan fingerprint density at radius 1 is 1.43 bits per heavy atom. The van der Waals surface area contributed by atoms with Crippen molar-refractivity contribution in [2.45, 2.75) is 13.3 Å². The summed E-state index contributed by atoms with van der Waals surface area (Å²) >= 11 is 3.28. The molecule has 1 nitrogen and oxygen atoms in total. The van der Waals surface area contributed by atoms with E-state index >= 15 is 0 Å². The van der Waals surface area contributed by atoms with Crippen LogP contribution in [0, 0.1) is 18.3 Å². The molecule has 0 bridgehead atoms. The Labute approximate surface area is 91.3 Å². The van der Waals surface area contributed by atoms with Gasteiger partial charge in [-0.3, -0.25) is 0 Å². The lowest BCUT2D eigenvalue weighted by atomic mass is 10.1. The molecule has 2 rings (SSSR count). The van der Waals surface area contributed by atoms with Gasteiger partial charge in [0.15, 0.2) is 0 Å². The minimum Gasteiger partial charge on any atom is -0.192 e. The summed E-state index contributed by atoms with van der Waals surface area (Å²) in [4.78, 5) is 2.17. The van der Waals surface area contributed by atoms with Gasteiger partial charge in [-0.1, -0.05) is 0 Å². The highest BCUT2D eigenvalue weighted by Gasteiger charge is 2.05. The number of rotatable bonds is 2. The minimum absolute atomic E-state index is 0.844. The third-order valence-electron chi connectivity index (χ3n) is 2.00. The highest BCUT2D eigenvalue weighted by atomic mass is 32.1. The number of nitrogens with zero attached hydrogens (tertiary/aromatic N) is 1. The number of thiophene rings is 2. The molecule has 0 aliphatic rings. The quantitative estimate of drug-likeness (QED) is 0.757. The second-order valence-electron chi connectivity index (χ2n) is 3.15. The van der Waals surface area contributed by atoms with E-state index in [-0.39, 0.29) is 0 Å². The zero-order valence-electron chi connectivity index (χ0n) is 7.78. The lowest BCUT2D eigenvalue weighted by Crippen LogP contribution is -1.83. The summed E-state index contributed by atoms with van der Waals surface area (Å²) < 4.78 is 0. The van der Waals surface area contributed by atoms with Crippen molar-refractivity contribution in [3.8, 4) is 6.07 Å². The van der Waals surface area contributed by atoms with Gasteiger partial charge in [-0.05, 0) is 40.9 Å². The zero-order chi connectivity index (χ0) is 9.97. The van der Waals surface area contributed by atoms with E-state index < -0.39 is 0 Å². The van der Waals surface area contributed by atoms with Gasteiger partial charge >= 0.3 is 0 Å². The van der Waals surface area contributed by atoms with Crippen molar-refractivity contribution < 1.29 is 0 Å². The maximum absolute atomic E-state index is 8.85. The molecule has 3 heteroatoms. The van der Waals surface area contributed by atoms with Gasteiger partial charge < -0.3 is 0 Å². The summed E-state index contributed by atoms with van der Waals surface area (Å²) in [5.41, 5.74) is 2.46. The summed E-state index contributed by atoms with van der Waals surface area (Å²) in [6.45, 7) is 2.10. The average molecular weight is 219 g/mol. The zero-order valence-corrected chi connectivity index (χ0v) is 9.41. The van der Waals surface area contributed by atoms with E-state index in [9.17, 15) is 0 Å². The molecule has 0 unspecified atom stereocenters. The smallest absolute Gasteiger partial charge is 0.110 e. The van der Waals surface area contributed by atoms with Crippen molar-refractivity contribution in [1.29, 1.82) is 5.26 Å². The molecule has 0 radical (unpaired) electrons. The first-order valence-corrected chi connectivity index (χ1v) is 6.06. The van der Waals surface area contributed by atoms with Crippen molar-refractivity contribution in [3.05, 3.63) is 43.8 Å². The second kappa shape index (κ2) is 3.95. The molecule has 0 N–H and O–H groups in total. The molecular weight excluding hydrogens is 210 g/mol. The van der Waals surface area contributed by atoms with Crippen molar-refractivity contribution in [2.24, 2.45) is 0 Å². The van der Waals surface area contributed by atoms with Crippen LogP contribution in [-0.2, 0) is 6.42 Å². The Kier molecular flexibility index (Phi) is 2.67. The Hall–Kier alpha value is -1.11. The molecule has 70 valence electrons. The third kappa shape index (κ3) is 1.87. The summed E-state index contributed by atoms with van der Waals surface area (Å²) in [6, 6.07) is 6.45. The minimum atomic E-state index is 0.844. The Morgan fingerprint density at radius 2 is 2.29 bits per heavy atom. The molecule has 0 aromatic carbocycles. The number of nitriles is 1. The Bertz CT molecular complexity index is 473. The van der Waals surface area contributed by atoms with Gasteiger partial charge in [-0.25, -0.2) is 0 Å².